The SMILES string of the molecule is CCC(O)c1cn(-c2ccc(Br)cc2)nn1. The molecule has 2 aromatic rings. The number of rotatable bonds is 3. The number of aromatic nitrogens is 3. The maximum atomic E-state index is 9.61. The summed E-state index contributed by atoms with van der Waals surface area (Å²) in [6.07, 6.45) is 1.85. The number of halogens is 1. The van der Waals surface area contributed by atoms with Gasteiger partial charge in [0.25, 0.3) is 0 Å². The summed E-state index contributed by atoms with van der Waals surface area (Å²) in [6.45, 7) is 1.91. The Morgan fingerprint density at radius 3 is 2.69 bits per heavy atom. The standard InChI is InChI=1S/C11H12BrN3O/c1-2-11(16)10-7-15(14-13-10)9-5-3-8(12)4-6-9/h3-7,11,16H,2H2,1H3. The summed E-state index contributed by atoms with van der Waals surface area (Å²) in [6, 6.07) is 7.74. The third-order valence-corrected chi connectivity index (χ3v) is 2.86. The van der Waals surface area contributed by atoms with E-state index in [-0.39, 0.29) is 0 Å². The maximum Gasteiger partial charge on any atom is 0.112 e. The van der Waals surface area contributed by atoms with Crippen molar-refractivity contribution in [3.63, 3.8) is 0 Å². The van der Waals surface area contributed by atoms with E-state index in [0.717, 1.165) is 10.2 Å². The lowest BCUT2D eigenvalue weighted by atomic mass is 10.2. The van der Waals surface area contributed by atoms with Gasteiger partial charge in [0.05, 0.1) is 18.0 Å². The molecule has 0 spiro atoms. The predicted octanol–water partition coefficient (Wildman–Crippen LogP) is 2.47. The van der Waals surface area contributed by atoms with Gasteiger partial charge in [0.15, 0.2) is 0 Å². The highest BCUT2D eigenvalue weighted by Gasteiger charge is 2.10. The molecule has 1 atom stereocenters. The van der Waals surface area contributed by atoms with Crippen molar-refractivity contribution in [2.45, 2.75) is 19.4 Å². The molecule has 0 saturated carbocycles. The van der Waals surface area contributed by atoms with Gasteiger partial charge in [0.2, 0.25) is 0 Å². The lowest BCUT2D eigenvalue weighted by Gasteiger charge is -2.01. The largest absolute Gasteiger partial charge is 0.387 e. The van der Waals surface area contributed by atoms with Gasteiger partial charge in [-0.15, -0.1) is 5.10 Å². The first-order valence-electron chi connectivity index (χ1n) is 5.07. The minimum Gasteiger partial charge on any atom is -0.387 e. The summed E-state index contributed by atoms with van der Waals surface area (Å²) in [5, 5.41) is 17.5. The molecular formula is C11H12BrN3O. The third kappa shape index (κ3) is 2.31. The normalized spacial score (nSPS) is 12.7. The molecule has 2 rings (SSSR count). The van der Waals surface area contributed by atoms with Crippen molar-refractivity contribution in [1.29, 1.82) is 0 Å². The Balaban J connectivity index is 2.28. The van der Waals surface area contributed by atoms with E-state index in [1.807, 2.05) is 31.2 Å². The summed E-state index contributed by atoms with van der Waals surface area (Å²) in [4.78, 5) is 0. The summed E-state index contributed by atoms with van der Waals surface area (Å²) in [5.74, 6) is 0. The van der Waals surface area contributed by atoms with Crippen LogP contribution in [0.5, 0.6) is 0 Å². The number of aliphatic hydroxyl groups is 1. The first kappa shape index (κ1) is 11.3. The number of nitrogens with zero attached hydrogens (tertiary/aromatic N) is 3. The Hall–Kier alpha value is -1.20. The Labute approximate surface area is 102 Å². The lowest BCUT2D eigenvalue weighted by molar-refractivity contribution is 0.169. The van der Waals surface area contributed by atoms with Crippen LogP contribution in [0.4, 0.5) is 0 Å². The van der Waals surface area contributed by atoms with Crippen molar-refractivity contribution >= 4 is 15.9 Å². The van der Waals surface area contributed by atoms with Crippen LogP contribution in [-0.2, 0) is 0 Å². The summed E-state index contributed by atoms with van der Waals surface area (Å²) >= 11 is 3.37. The molecule has 1 heterocycles. The Kier molecular flexibility index (Phi) is 3.36. The van der Waals surface area contributed by atoms with E-state index in [9.17, 15) is 5.11 Å². The first-order chi connectivity index (χ1) is 7.70. The van der Waals surface area contributed by atoms with Crippen LogP contribution in [0.2, 0.25) is 0 Å². The molecule has 0 radical (unpaired) electrons. The van der Waals surface area contributed by atoms with E-state index >= 15 is 0 Å². The number of aliphatic hydroxyl groups excluding tert-OH is 1. The summed E-state index contributed by atoms with van der Waals surface area (Å²) < 4.78 is 2.67. The van der Waals surface area contributed by atoms with E-state index in [0.29, 0.717) is 12.1 Å². The van der Waals surface area contributed by atoms with Crippen molar-refractivity contribution in [1.82, 2.24) is 15.0 Å². The van der Waals surface area contributed by atoms with E-state index in [2.05, 4.69) is 26.2 Å². The molecular weight excluding hydrogens is 270 g/mol. The van der Waals surface area contributed by atoms with Gasteiger partial charge in [0.1, 0.15) is 5.69 Å². The molecule has 4 nitrogen and oxygen atoms in total. The first-order valence-corrected chi connectivity index (χ1v) is 5.86. The minimum atomic E-state index is -0.538. The molecule has 5 heteroatoms. The Morgan fingerprint density at radius 2 is 2.06 bits per heavy atom. The minimum absolute atomic E-state index is 0.538. The zero-order valence-electron chi connectivity index (χ0n) is 8.84. The highest BCUT2D eigenvalue weighted by molar-refractivity contribution is 9.10. The highest BCUT2D eigenvalue weighted by Crippen LogP contribution is 2.16. The maximum absolute atomic E-state index is 9.61. The predicted molar refractivity (Wildman–Crippen MR) is 64.3 cm³/mol. The lowest BCUT2D eigenvalue weighted by Crippen LogP contribution is -1.95. The van der Waals surface area contributed by atoms with Crippen LogP contribution >= 0.6 is 15.9 Å². The number of hydrogen-bond donors (Lipinski definition) is 1. The average molecular weight is 282 g/mol. The Bertz CT molecular complexity index is 466. The molecule has 0 saturated heterocycles. The van der Waals surface area contributed by atoms with Crippen LogP contribution in [0.25, 0.3) is 5.69 Å². The third-order valence-electron chi connectivity index (χ3n) is 2.33. The molecule has 16 heavy (non-hydrogen) atoms. The van der Waals surface area contributed by atoms with Crippen molar-refractivity contribution in [2.75, 3.05) is 0 Å². The zero-order valence-corrected chi connectivity index (χ0v) is 10.4. The van der Waals surface area contributed by atoms with Crippen LogP contribution in [0, 0.1) is 0 Å². The van der Waals surface area contributed by atoms with Crippen LogP contribution < -0.4 is 0 Å². The van der Waals surface area contributed by atoms with Gasteiger partial charge >= 0.3 is 0 Å². The topological polar surface area (TPSA) is 50.9 Å². The highest BCUT2D eigenvalue weighted by atomic mass is 79.9. The van der Waals surface area contributed by atoms with E-state index < -0.39 is 6.10 Å². The average Bonchev–Trinajstić information content (AvgIpc) is 2.78. The molecule has 0 aliphatic rings. The van der Waals surface area contributed by atoms with Crippen molar-refractivity contribution in [3.8, 4) is 5.69 Å². The van der Waals surface area contributed by atoms with Crippen LogP contribution in [0.1, 0.15) is 25.1 Å². The monoisotopic (exact) mass is 281 g/mol. The van der Waals surface area contributed by atoms with Crippen molar-refractivity contribution < 1.29 is 5.11 Å². The Morgan fingerprint density at radius 1 is 1.38 bits per heavy atom. The number of benzene rings is 1. The molecule has 1 aromatic carbocycles. The molecule has 1 unspecified atom stereocenters. The zero-order chi connectivity index (χ0) is 11.5. The molecule has 0 amide bonds. The number of hydrogen-bond acceptors (Lipinski definition) is 3. The molecule has 0 fully saturated rings. The summed E-state index contributed by atoms with van der Waals surface area (Å²) in [7, 11) is 0. The molecule has 1 aromatic heterocycles. The molecule has 0 bridgehead atoms. The smallest absolute Gasteiger partial charge is 0.112 e. The van der Waals surface area contributed by atoms with Crippen LogP contribution in [0.15, 0.2) is 34.9 Å². The molecule has 84 valence electrons. The second-order valence-corrected chi connectivity index (χ2v) is 4.40. The van der Waals surface area contributed by atoms with Gasteiger partial charge in [-0.25, -0.2) is 4.68 Å². The van der Waals surface area contributed by atoms with Crippen LogP contribution in [-0.4, -0.2) is 20.1 Å². The van der Waals surface area contributed by atoms with Crippen molar-refractivity contribution in [2.24, 2.45) is 0 Å². The van der Waals surface area contributed by atoms with Crippen LogP contribution in [0.3, 0.4) is 0 Å². The fourth-order valence-electron chi connectivity index (χ4n) is 1.36. The van der Waals surface area contributed by atoms with E-state index in [1.54, 1.807) is 10.9 Å². The second-order valence-electron chi connectivity index (χ2n) is 3.49. The molecule has 0 aliphatic carbocycles. The second kappa shape index (κ2) is 4.76. The fourth-order valence-corrected chi connectivity index (χ4v) is 1.62. The summed E-state index contributed by atoms with van der Waals surface area (Å²) in [5.41, 5.74) is 1.52. The van der Waals surface area contributed by atoms with Gasteiger partial charge in [0, 0.05) is 4.47 Å². The van der Waals surface area contributed by atoms with E-state index in [1.165, 1.54) is 0 Å². The van der Waals surface area contributed by atoms with Gasteiger partial charge in [-0.2, -0.15) is 0 Å². The fraction of sp³-hybridized carbons (Fsp3) is 0.273. The van der Waals surface area contributed by atoms with Gasteiger partial charge in [-0.05, 0) is 30.7 Å². The molecule has 0 aliphatic heterocycles. The van der Waals surface area contributed by atoms with Crippen molar-refractivity contribution in [3.05, 3.63) is 40.6 Å². The molecule has 1 N–H and O–H groups in total. The van der Waals surface area contributed by atoms with E-state index in [4.69, 9.17) is 0 Å². The van der Waals surface area contributed by atoms with Gasteiger partial charge in [-0.3, -0.25) is 0 Å². The van der Waals surface area contributed by atoms with Gasteiger partial charge < -0.3 is 5.11 Å². The van der Waals surface area contributed by atoms with Gasteiger partial charge in [-0.1, -0.05) is 28.1 Å². The quantitative estimate of drug-likeness (QED) is 0.940.